The van der Waals surface area contributed by atoms with Gasteiger partial charge in [0.05, 0.1) is 25.0 Å². The van der Waals surface area contributed by atoms with Crippen molar-refractivity contribution in [3.8, 4) is 0 Å². The van der Waals surface area contributed by atoms with Gasteiger partial charge < -0.3 is 30.0 Å². The van der Waals surface area contributed by atoms with Crippen LogP contribution in [0, 0.1) is 0 Å². The molecule has 0 aromatic carbocycles. The molecule has 0 aliphatic heterocycles. The minimum Gasteiger partial charge on any atom is -0.549 e. The molecule has 0 bridgehead atoms. The number of aliphatic carboxylic acids is 4. The van der Waals surface area contributed by atoms with Gasteiger partial charge in [-0.3, -0.25) is 19.4 Å². The van der Waals surface area contributed by atoms with Crippen molar-refractivity contribution in [2.24, 2.45) is 0 Å². The maximum Gasteiger partial charge on any atom is 1.00 e. The largest absolute Gasteiger partial charge is 1.00 e. The fourth-order valence-corrected chi connectivity index (χ4v) is 1.69. The average molecular weight is 350 g/mol. The number of nitrogens with zero attached hydrogens (tertiary/aromatic N) is 2. The Labute approximate surface area is 177 Å². The van der Waals surface area contributed by atoms with Crippen LogP contribution in [-0.2, 0) is 19.2 Å². The summed E-state index contributed by atoms with van der Waals surface area (Å²) in [6, 6.07) is 0. The smallest absolute Gasteiger partial charge is 0.549 e. The second kappa shape index (κ2) is 15.3. The molecule has 12 heteroatoms. The van der Waals surface area contributed by atoms with Gasteiger partial charge in [-0.25, -0.2) is 0 Å². The normalized spacial score (nSPS) is 9.83. The zero-order valence-electron chi connectivity index (χ0n) is 13.2. The minimum atomic E-state index is -1.45. The summed E-state index contributed by atoms with van der Waals surface area (Å²) in [7, 11) is 0. The SMILES string of the molecule is O=C([O-])CN(CCCN(CC(=O)O)CC(=O)O)CC(=O)[O-].[Na+].[Na+]. The van der Waals surface area contributed by atoms with Gasteiger partial charge in [-0.2, -0.15) is 0 Å². The second-order valence-corrected chi connectivity index (χ2v) is 4.31. The van der Waals surface area contributed by atoms with E-state index >= 15 is 0 Å². The molecule has 0 atom stereocenters. The van der Waals surface area contributed by atoms with Crippen LogP contribution in [0.15, 0.2) is 0 Å². The van der Waals surface area contributed by atoms with Crippen LogP contribution < -0.4 is 69.3 Å². The first-order chi connectivity index (χ1) is 9.70. The molecular formula is C11H16N2Na2O8. The van der Waals surface area contributed by atoms with Crippen molar-refractivity contribution < 1.29 is 98.7 Å². The van der Waals surface area contributed by atoms with Gasteiger partial charge in [0.1, 0.15) is 0 Å². The molecular weight excluding hydrogens is 334 g/mol. The van der Waals surface area contributed by atoms with Crippen molar-refractivity contribution >= 4 is 23.9 Å². The standard InChI is InChI=1S/C11H18N2O8.2Na/c14-8(15)4-12(5-9(16)17)2-1-3-13(6-10(18)19)7-11(20)21;;/h1-7H2,(H,14,15)(H,16,17)(H,18,19)(H,20,21);;/q;2*+1/p-2. The number of carboxylic acid groups (broad SMARTS) is 4. The van der Waals surface area contributed by atoms with E-state index in [1.165, 1.54) is 0 Å². The summed E-state index contributed by atoms with van der Waals surface area (Å²) in [5.74, 6) is -5.30. The summed E-state index contributed by atoms with van der Waals surface area (Å²) in [5, 5.41) is 38.1. The molecule has 0 spiro atoms. The summed E-state index contributed by atoms with van der Waals surface area (Å²) in [5.41, 5.74) is 0. The molecule has 0 radical (unpaired) electrons. The second-order valence-electron chi connectivity index (χ2n) is 4.31. The molecule has 0 heterocycles. The Morgan fingerprint density at radius 1 is 0.696 bits per heavy atom. The molecule has 0 saturated carbocycles. The third-order valence-electron chi connectivity index (χ3n) is 2.37. The predicted octanol–water partition coefficient (Wildman–Crippen LogP) is -10.3. The van der Waals surface area contributed by atoms with Crippen LogP contribution in [0.3, 0.4) is 0 Å². The van der Waals surface area contributed by atoms with E-state index in [1.807, 2.05) is 0 Å². The molecule has 0 aromatic rings. The molecule has 0 aromatic heterocycles. The third kappa shape index (κ3) is 18.0. The van der Waals surface area contributed by atoms with Crippen molar-refractivity contribution in [2.45, 2.75) is 6.42 Å². The summed E-state index contributed by atoms with van der Waals surface area (Å²) >= 11 is 0. The zero-order valence-corrected chi connectivity index (χ0v) is 17.2. The van der Waals surface area contributed by atoms with Crippen LogP contribution in [0.25, 0.3) is 0 Å². The van der Waals surface area contributed by atoms with Crippen molar-refractivity contribution in [3.05, 3.63) is 0 Å². The molecule has 120 valence electrons. The first kappa shape index (κ1) is 27.6. The Bertz CT molecular complexity index is 339. The van der Waals surface area contributed by atoms with Crippen LogP contribution in [0.5, 0.6) is 0 Å². The van der Waals surface area contributed by atoms with Gasteiger partial charge >= 0.3 is 71.1 Å². The zero-order chi connectivity index (χ0) is 16.4. The van der Waals surface area contributed by atoms with Gasteiger partial charge in [-0.05, 0) is 6.42 Å². The van der Waals surface area contributed by atoms with Crippen molar-refractivity contribution in [1.82, 2.24) is 9.80 Å². The summed E-state index contributed by atoms with van der Waals surface area (Å²) in [4.78, 5) is 44.2. The molecule has 0 unspecified atom stereocenters. The maximum absolute atomic E-state index is 10.6. The number of rotatable bonds is 12. The first-order valence-corrected chi connectivity index (χ1v) is 5.98. The predicted molar refractivity (Wildman–Crippen MR) is 62.8 cm³/mol. The number of carbonyl (C=O) groups excluding carboxylic acids is 2. The molecule has 0 rings (SSSR count). The third-order valence-corrected chi connectivity index (χ3v) is 2.37. The number of carboxylic acids is 4. The fraction of sp³-hybridized carbons (Fsp3) is 0.636. The van der Waals surface area contributed by atoms with E-state index in [1.54, 1.807) is 0 Å². The Hall–Kier alpha value is -0.200. The van der Waals surface area contributed by atoms with Gasteiger partial charge in [0.25, 0.3) is 0 Å². The van der Waals surface area contributed by atoms with Crippen molar-refractivity contribution in [2.75, 3.05) is 39.3 Å². The van der Waals surface area contributed by atoms with E-state index < -0.39 is 50.1 Å². The van der Waals surface area contributed by atoms with Crippen molar-refractivity contribution in [3.63, 3.8) is 0 Å². The maximum atomic E-state index is 10.6. The molecule has 2 N–H and O–H groups in total. The van der Waals surface area contributed by atoms with E-state index in [0.717, 1.165) is 9.80 Å². The summed E-state index contributed by atoms with van der Waals surface area (Å²) in [6.45, 7) is -2.08. The van der Waals surface area contributed by atoms with Crippen LogP contribution >= 0.6 is 0 Å². The Morgan fingerprint density at radius 2 is 1.00 bits per heavy atom. The molecule has 0 aliphatic carbocycles. The molecule has 10 nitrogen and oxygen atoms in total. The molecule has 23 heavy (non-hydrogen) atoms. The first-order valence-electron chi connectivity index (χ1n) is 5.98. The Kier molecular flexibility index (Phi) is 18.4. The topological polar surface area (TPSA) is 161 Å². The minimum absolute atomic E-state index is 0. The van der Waals surface area contributed by atoms with E-state index in [0.29, 0.717) is 0 Å². The summed E-state index contributed by atoms with van der Waals surface area (Å²) in [6.07, 6.45) is 0.196. The molecule has 0 saturated heterocycles. The van der Waals surface area contributed by atoms with Gasteiger partial charge in [-0.15, -0.1) is 0 Å². The van der Waals surface area contributed by atoms with Gasteiger partial charge in [0.15, 0.2) is 0 Å². The van der Waals surface area contributed by atoms with Gasteiger partial charge in [0.2, 0.25) is 0 Å². The van der Waals surface area contributed by atoms with Crippen LogP contribution in [0.2, 0.25) is 0 Å². The molecule has 0 fully saturated rings. The van der Waals surface area contributed by atoms with Crippen LogP contribution in [0.4, 0.5) is 0 Å². The van der Waals surface area contributed by atoms with Gasteiger partial charge in [-0.1, -0.05) is 0 Å². The van der Waals surface area contributed by atoms with Crippen LogP contribution in [0.1, 0.15) is 6.42 Å². The fourth-order valence-electron chi connectivity index (χ4n) is 1.69. The number of carbonyl (C=O) groups is 4. The van der Waals surface area contributed by atoms with E-state index in [2.05, 4.69) is 0 Å². The molecule has 0 amide bonds. The Balaban J connectivity index is -0.00000200. The number of hydrogen-bond acceptors (Lipinski definition) is 8. The van der Waals surface area contributed by atoms with E-state index in [4.69, 9.17) is 10.2 Å². The van der Waals surface area contributed by atoms with E-state index in [9.17, 15) is 29.4 Å². The van der Waals surface area contributed by atoms with Crippen molar-refractivity contribution in [1.29, 1.82) is 0 Å². The summed E-state index contributed by atoms with van der Waals surface area (Å²) < 4.78 is 0. The quantitative estimate of drug-likeness (QED) is 0.323. The van der Waals surface area contributed by atoms with Crippen LogP contribution in [-0.4, -0.2) is 83.2 Å². The average Bonchev–Trinajstić information content (AvgIpc) is 2.24. The molecule has 0 aliphatic rings. The van der Waals surface area contributed by atoms with Gasteiger partial charge in [0, 0.05) is 26.2 Å². The monoisotopic (exact) mass is 350 g/mol. The Morgan fingerprint density at radius 3 is 1.26 bits per heavy atom. The van der Waals surface area contributed by atoms with E-state index in [-0.39, 0.29) is 78.6 Å². The number of hydrogen-bond donors (Lipinski definition) is 2.